The molecule has 0 aromatic heterocycles. The van der Waals surface area contributed by atoms with E-state index in [-0.39, 0.29) is 11.9 Å². The molecule has 0 saturated carbocycles. The lowest BCUT2D eigenvalue weighted by Crippen LogP contribution is -2.37. The molecular weight excluding hydrogens is 366 g/mol. The fourth-order valence-electron chi connectivity index (χ4n) is 3.07. The third kappa shape index (κ3) is 4.29. The summed E-state index contributed by atoms with van der Waals surface area (Å²) in [5.41, 5.74) is 8.92. The highest BCUT2D eigenvalue weighted by atomic mass is 79.9. The number of para-hydroxylation sites is 1. The van der Waals surface area contributed by atoms with Crippen molar-refractivity contribution < 1.29 is 4.79 Å². The van der Waals surface area contributed by atoms with E-state index in [1.165, 1.54) is 5.69 Å². The molecule has 0 spiro atoms. The van der Waals surface area contributed by atoms with Crippen molar-refractivity contribution >= 4 is 33.2 Å². The van der Waals surface area contributed by atoms with Gasteiger partial charge in [0.05, 0.1) is 0 Å². The Morgan fingerprint density at radius 2 is 1.96 bits per heavy atom. The van der Waals surface area contributed by atoms with Crippen LogP contribution in [-0.4, -0.2) is 25.0 Å². The summed E-state index contributed by atoms with van der Waals surface area (Å²) in [5.74, 6) is 0.0981. The standard InChI is InChI=1S/C19H22BrN3O/c20-15-6-8-17(9-7-15)23-12-11-16(13-23)22-19(24)10-5-14-3-1-2-4-18(14)21/h1-4,6-9,16H,5,10-13,21H2,(H,22,24). The number of benzene rings is 2. The molecule has 3 N–H and O–H groups in total. The quantitative estimate of drug-likeness (QED) is 0.773. The van der Waals surface area contributed by atoms with Crippen LogP contribution in [0.1, 0.15) is 18.4 Å². The van der Waals surface area contributed by atoms with Gasteiger partial charge in [-0.2, -0.15) is 0 Å². The first kappa shape index (κ1) is 16.8. The van der Waals surface area contributed by atoms with Gasteiger partial charge < -0.3 is 16.0 Å². The summed E-state index contributed by atoms with van der Waals surface area (Å²) in [6, 6.07) is 16.2. The second kappa shape index (κ2) is 7.71. The highest BCUT2D eigenvalue weighted by molar-refractivity contribution is 9.10. The summed E-state index contributed by atoms with van der Waals surface area (Å²) in [4.78, 5) is 14.5. The van der Waals surface area contributed by atoms with Crippen molar-refractivity contribution in [1.82, 2.24) is 5.32 Å². The maximum atomic E-state index is 12.2. The van der Waals surface area contributed by atoms with Crippen molar-refractivity contribution in [2.24, 2.45) is 0 Å². The Kier molecular flexibility index (Phi) is 5.41. The topological polar surface area (TPSA) is 58.4 Å². The number of carbonyl (C=O) groups excluding carboxylic acids is 1. The molecule has 1 aliphatic rings. The summed E-state index contributed by atoms with van der Waals surface area (Å²) in [7, 11) is 0. The molecule has 1 atom stereocenters. The molecular formula is C19H22BrN3O. The zero-order chi connectivity index (χ0) is 16.9. The molecule has 1 heterocycles. The van der Waals surface area contributed by atoms with E-state index in [0.717, 1.165) is 35.2 Å². The number of rotatable bonds is 5. The van der Waals surface area contributed by atoms with E-state index >= 15 is 0 Å². The van der Waals surface area contributed by atoms with Gasteiger partial charge in [-0.05, 0) is 48.7 Å². The molecule has 0 radical (unpaired) electrons. The van der Waals surface area contributed by atoms with E-state index < -0.39 is 0 Å². The Balaban J connectivity index is 1.47. The minimum Gasteiger partial charge on any atom is -0.399 e. The highest BCUT2D eigenvalue weighted by Crippen LogP contribution is 2.22. The molecule has 126 valence electrons. The van der Waals surface area contributed by atoms with Crippen LogP contribution in [0.2, 0.25) is 0 Å². The summed E-state index contributed by atoms with van der Waals surface area (Å²) in [5, 5.41) is 3.15. The third-order valence-corrected chi connectivity index (χ3v) is 4.95. The van der Waals surface area contributed by atoms with Crippen LogP contribution in [0.5, 0.6) is 0 Å². The number of nitrogen functional groups attached to an aromatic ring is 1. The summed E-state index contributed by atoms with van der Waals surface area (Å²) < 4.78 is 1.08. The maximum Gasteiger partial charge on any atom is 0.220 e. The highest BCUT2D eigenvalue weighted by Gasteiger charge is 2.23. The van der Waals surface area contributed by atoms with E-state index in [2.05, 4.69) is 38.3 Å². The lowest BCUT2D eigenvalue weighted by atomic mass is 10.1. The first-order valence-corrected chi connectivity index (χ1v) is 9.04. The van der Waals surface area contributed by atoms with Crippen LogP contribution < -0.4 is 16.0 Å². The molecule has 1 fully saturated rings. The number of aryl methyl sites for hydroxylation is 1. The van der Waals surface area contributed by atoms with Crippen molar-refractivity contribution in [1.29, 1.82) is 0 Å². The van der Waals surface area contributed by atoms with Gasteiger partial charge in [0.15, 0.2) is 0 Å². The smallest absolute Gasteiger partial charge is 0.220 e. The van der Waals surface area contributed by atoms with Gasteiger partial charge >= 0.3 is 0 Å². The minimum atomic E-state index is 0.0981. The maximum absolute atomic E-state index is 12.2. The molecule has 1 amide bonds. The fourth-order valence-corrected chi connectivity index (χ4v) is 3.34. The third-order valence-electron chi connectivity index (χ3n) is 4.42. The average Bonchev–Trinajstić information content (AvgIpc) is 3.03. The first-order valence-electron chi connectivity index (χ1n) is 8.25. The number of hydrogen-bond donors (Lipinski definition) is 2. The van der Waals surface area contributed by atoms with Crippen LogP contribution in [-0.2, 0) is 11.2 Å². The zero-order valence-corrected chi connectivity index (χ0v) is 15.1. The van der Waals surface area contributed by atoms with E-state index in [9.17, 15) is 4.79 Å². The summed E-state index contributed by atoms with van der Waals surface area (Å²) >= 11 is 3.46. The second-order valence-electron chi connectivity index (χ2n) is 6.17. The molecule has 1 saturated heterocycles. The normalized spacial score (nSPS) is 17.0. The number of amides is 1. The molecule has 1 aliphatic heterocycles. The predicted molar refractivity (Wildman–Crippen MR) is 102 cm³/mol. The van der Waals surface area contributed by atoms with Crippen LogP contribution in [0.15, 0.2) is 53.0 Å². The molecule has 0 aliphatic carbocycles. The molecule has 2 aromatic rings. The van der Waals surface area contributed by atoms with E-state index in [1.54, 1.807) is 0 Å². The van der Waals surface area contributed by atoms with Crippen molar-refractivity contribution in [3.63, 3.8) is 0 Å². The second-order valence-corrected chi connectivity index (χ2v) is 7.09. The summed E-state index contributed by atoms with van der Waals surface area (Å²) in [6.07, 6.45) is 2.14. The Morgan fingerprint density at radius 1 is 1.21 bits per heavy atom. The number of nitrogens with two attached hydrogens (primary N) is 1. The van der Waals surface area contributed by atoms with Crippen LogP contribution >= 0.6 is 15.9 Å². The van der Waals surface area contributed by atoms with Gasteiger partial charge in [-0.1, -0.05) is 34.1 Å². The van der Waals surface area contributed by atoms with Gasteiger partial charge in [0.1, 0.15) is 0 Å². The fraction of sp³-hybridized carbons (Fsp3) is 0.316. The van der Waals surface area contributed by atoms with Gasteiger partial charge in [0.25, 0.3) is 0 Å². The van der Waals surface area contributed by atoms with Gasteiger partial charge in [-0.25, -0.2) is 0 Å². The Hall–Kier alpha value is -2.01. The largest absolute Gasteiger partial charge is 0.399 e. The van der Waals surface area contributed by atoms with Crippen LogP contribution in [0.4, 0.5) is 11.4 Å². The number of nitrogens with zero attached hydrogens (tertiary/aromatic N) is 1. The Bertz CT molecular complexity index is 702. The minimum absolute atomic E-state index is 0.0981. The lowest BCUT2D eigenvalue weighted by Gasteiger charge is -2.19. The van der Waals surface area contributed by atoms with Gasteiger partial charge in [-0.15, -0.1) is 0 Å². The van der Waals surface area contributed by atoms with E-state index in [0.29, 0.717) is 12.8 Å². The molecule has 1 unspecified atom stereocenters. The van der Waals surface area contributed by atoms with Crippen molar-refractivity contribution in [3.8, 4) is 0 Å². The van der Waals surface area contributed by atoms with Gasteiger partial charge in [-0.3, -0.25) is 4.79 Å². The van der Waals surface area contributed by atoms with Crippen molar-refractivity contribution in [2.75, 3.05) is 23.7 Å². The van der Waals surface area contributed by atoms with Crippen LogP contribution in [0.25, 0.3) is 0 Å². The number of carbonyl (C=O) groups is 1. The van der Waals surface area contributed by atoms with Crippen molar-refractivity contribution in [2.45, 2.75) is 25.3 Å². The number of halogens is 1. The predicted octanol–water partition coefficient (Wildman–Crippen LogP) is 3.36. The molecule has 24 heavy (non-hydrogen) atoms. The number of nitrogens with one attached hydrogen (secondary N) is 1. The number of anilines is 2. The zero-order valence-electron chi connectivity index (χ0n) is 13.5. The van der Waals surface area contributed by atoms with Crippen LogP contribution in [0.3, 0.4) is 0 Å². The van der Waals surface area contributed by atoms with Crippen molar-refractivity contribution in [3.05, 3.63) is 58.6 Å². The SMILES string of the molecule is Nc1ccccc1CCC(=O)NC1CCN(c2ccc(Br)cc2)C1. The van der Waals surface area contributed by atoms with Gasteiger partial charge in [0.2, 0.25) is 5.91 Å². The Morgan fingerprint density at radius 3 is 2.71 bits per heavy atom. The van der Waals surface area contributed by atoms with Gasteiger partial charge in [0, 0.05) is 41.4 Å². The monoisotopic (exact) mass is 387 g/mol. The Labute approximate surface area is 151 Å². The lowest BCUT2D eigenvalue weighted by molar-refractivity contribution is -0.121. The van der Waals surface area contributed by atoms with E-state index in [1.807, 2.05) is 36.4 Å². The molecule has 5 heteroatoms. The molecule has 3 rings (SSSR count). The summed E-state index contributed by atoms with van der Waals surface area (Å²) in [6.45, 7) is 1.83. The first-order chi connectivity index (χ1) is 11.6. The van der Waals surface area contributed by atoms with Crippen LogP contribution in [0, 0.1) is 0 Å². The number of hydrogen-bond acceptors (Lipinski definition) is 3. The molecule has 4 nitrogen and oxygen atoms in total. The molecule has 2 aromatic carbocycles. The van der Waals surface area contributed by atoms with E-state index in [4.69, 9.17) is 5.73 Å². The average molecular weight is 388 g/mol. The molecule has 0 bridgehead atoms.